The molecule has 0 spiro atoms. The number of nitrogens with one attached hydrogen (secondary N) is 1. The first-order chi connectivity index (χ1) is 3.81. The number of nitrogens with zero attached hydrogens (tertiary/aromatic N) is 2. The SMILES string of the molecule is CN=N/C(C)=C\C=N. The van der Waals surface area contributed by atoms with Gasteiger partial charge in [0.15, 0.2) is 0 Å². The van der Waals surface area contributed by atoms with Gasteiger partial charge in [0.1, 0.15) is 0 Å². The monoisotopic (exact) mass is 111 g/mol. The Bertz CT molecular complexity index is 124. The molecule has 0 fully saturated rings. The summed E-state index contributed by atoms with van der Waals surface area (Å²) in [6, 6.07) is 0. The van der Waals surface area contributed by atoms with Crippen molar-refractivity contribution in [3.63, 3.8) is 0 Å². The van der Waals surface area contributed by atoms with Crippen molar-refractivity contribution >= 4 is 6.21 Å². The van der Waals surface area contributed by atoms with Crippen molar-refractivity contribution in [2.75, 3.05) is 7.05 Å². The van der Waals surface area contributed by atoms with Gasteiger partial charge < -0.3 is 5.41 Å². The molecule has 0 rings (SSSR count). The van der Waals surface area contributed by atoms with E-state index in [1.165, 1.54) is 6.21 Å². The highest BCUT2D eigenvalue weighted by Gasteiger charge is 1.75. The van der Waals surface area contributed by atoms with Crippen LogP contribution >= 0.6 is 0 Å². The predicted octanol–water partition coefficient (Wildman–Crippen LogP) is 1.62. The average molecular weight is 111 g/mol. The van der Waals surface area contributed by atoms with Gasteiger partial charge in [0.05, 0.1) is 5.70 Å². The third-order valence-electron chi connectivity index (χ3n) is 0.582. The second kappa shape index (κ2) is 4.18. The number of hydrogen-bond acceptors (Lipinski definition) is 3. The molecule has 0 saturated carbocycles. The van der Waals surface area contributed by atoms with Crippen LogP contribution in [0.1, 0.15) is 6.92 Å². The van der Waals surface area contributed by atoms with E-state index in [1.54, 1.807) is 20.0 Å². The van der Waals surface area contributed by atoms with Gasteiger partial charge in [-0.25, -0.2) is 0 Å². The fourth-order valence-corrected chi connectivity index (χ4v) is 0.312. The van der Waals surface area contributed by atoms with Crippen molar-refractivity contribution in [1.29, 1.82) is 5.41 Å². The van der Waals surface area contributed by atoms with Gasteiger partial charge in [-0.15, -0.1) is 0 Å². The Morgan fingerprint density at radius 2 is 2.25 bits per heavy atom. The number of hydrogen-bond donors (Lipinski definition) is 1. The molecule has 0 aliphatic carbocycles. The molecular weight excluding hydrogens is 102 g/mol. The van der Waals surface area contributed by atoms with E-state index < -0.39 is 0 Å². The Labute approximate surface area is 48.6 Å². The van der Waals surface area contributed by atoms with Gasteiger partial charge in [-0.05, 0) is 13.0 Å². The zero-order chi connectivity index (χ0) is 6.41. The van der Waals surface area contributed by atoms with Crippen molar-refractivity contribution in [3.05, 3.63) is 11.8 Å². The molecule has 0 heterocycles. The molecule has 0 aromatic heterocycles. The van der Waals surface area contributed by atoms with Crippen LogP contribution in [0.25, 0.3) is 0 Å². The van der Waals surface area contributed by atoms with E-state index in [2.05, 4.69) is 10.2 Å². The van der Waals surface area contributed by atoms with Crippen molar-refractivity contribution in [2.24, 2.45) is 10.2 Å². The number of azo groups is 1. The molecule has 0 aliphatic heterocycles. The lowest BCUT2D eigenvalue weighted by Crippen LogP contribution is -1.66. The van der Waals surface area contributed by atoms with Crippen LogP contribution in [0, 0.1) is 5.41 Å². The molecule has 0 radical (unpaired) electrons. The summed E-state index contributed by atoms with van der Waals surface area (Å²) >= 11 is 0. The summed E-state index contributed by atoms with van der Waals surface area (Å²) < 4.78 is 0. The highest BCUT2D eigenvalue weighted by molar-refractivity contribution is 5.68. The molecule has 1 N–H and O–H groups in total. The maximum Gasteiger partial charge on any atom is 0.0610 e. The first-order valence-electron chi connectivity index (χ1n) is 2.28. The Kier molecular flexibility index (Phi) is 3.66. The molecule has 0 amide bonds. The fraction of sp³-hybridized carbons (Fsp3) is 0.400. The minimum absolute atomic E-state index is 0.752. The molecule has 0 bridgehead atoms. The second-order valence-electron chi connectivity index (χ2n) is 1.27. The van der Waals surface area contributed by atoms with Crippen LogP contribution in [0.15, 0.2) is 22.0 Å². The molecule has 0 unspecified atom stereocenters. The van der Waals surface area contributed by atoms with Gasteiger partial charge >= 0.3 is 0 Å². The van der Waals surface area contributed by atoms with E-state index in [0.29, 0.717) is 0 Å². The summed E-state index contributed by atoms with van der Waals surface area (Å²) in [6.07, 6.45) is 2.76. The van der Waals surface area contributed by atoms with E-state index in [9.17, 15) is 0 Å². The molecule has 0 aliphatic rings. The molecule has 8 heavy (non-hydrogen) atoms. The van der Waals surface area contributed by atoms with Gasteiger partial charge in [-0.3, -0.25) is 0 Å². The molecule has 44 valence electrons. The summed E-state index contributed by atoms with van der Waals surface area (Å²) in [5.74, 6) is 0. The van der Waals surface area contributed by atoms with Crippen LogP contribution in [0.3, 0.4) is 0 Å². The minimum Gasteiger partial charge on any atom is -0.309 e. The highest BCUT2D eigenvalue weighted by atomic mass is 15.1. The van der Waals surface area contributed by atoms with Gasteiger partial charge in [-0.1, -0.05) is 0 Å². The van der Waals surface area contributed by atoms with Gasteiger partial charge in [0, 0.05) is 13.3 Å². The molecule has 0 aromatic carbocycles. The Morgan fingerprint density at radius 1 is 1.62 bits per heavy atom. The number of allylic oxidation sites excluding steroid dienone is 2. The Hall–Kier alpha value is -0.990. The van der Waals surface area contributed by atoms with E-state index >= 15 is 0 Å². The summed E-state index contributed by atoms with van der Waals surface area (Å²) in [7, 11) is 1.60. The average Bonchev–Trinajstić information content (AvgIpc) is 1.68. The second-order valence-corrected chi connectivity index (χ2v) is 1.27. The van der Waals surface area contributed by atoms with Crippen molar-refractivity contribution in [2.45, 2.75) is 6.92 Å². The summed E-state index contributed by atoms with van der Waals surface area (Å²) in [4.78, 5) is 0. The fourth-order valence-electron chi connectivity index (χ4n) is 0.312. The lowest BCUT2D eigenvalue weighted by Gasteiger charge is -1.80. The standard InChI is InChI=1S/C5H9N3/c1-5(3-4-6)8-7-2/h3-4,6H,1-2H3/b5-3-,6-4?,8-7?. The maximum atomic E-state index is 6.61. The van der Waals surface area contributed by atoms with E-state index in [1.807, 2.05) is 0 Å². The van der Waals surface area contributed by atoms with Crippen molar-refractivity contribution in [3.8, 4) is 0 Å². The van der Waals surface area contributed by atoms with Crippen LogP contribution < -0.4 is 0 Å². The highest BCUT2D eigenvalue weighted by Crippen LogP contribution is 1.90. The molecule has 3 heteroatoms. The van der Waals surface area contributed by atoms with Crippen LogP contribution in [0.4, 0.5) is 0 Å². The molecule has 0 atom stereocenters. The van der Waals surface area contributed by atoms with E-state index in [0.717, 1.165) is 5.70 Å². The molecule has 3 nitrogen and oxygen atoms in total. The van der Waals surface area contributed by atoms with E-state index in [-0.39, 0.29) is 0 Å². The van der Waals surface area contributed by atoms with Crippen LogP contribution in [-0.4, -0.2) is 13.3 Å². The van der Waals surface area contributed by atoms with Crippen molar-refractivity contribution in [1.82, 2.24) is 0 Å². The lowest BCUT2D eigenvalue weighted by molar-refractivity contribution is 1.09. The molecule has 0 aromatic rings. The predicted molar refractivity (Wildman–Crippen MR) is 33.3 cm³/mol. The van der Waals surface area contributed by atoms with Crippen LogP contribution in [0.5, 0.6) is 0 Å². The van der Waals surface area contributed by atoms with Gasteiger partial charge in [0.2, 0.25) is 0 Å². The van der Waals surface area contributed by atoms with Gasteiger partial charge in [-0.2, -0.15) is 10.2 Å². The summed E-state index contributed by atoms with van der Waals surface area (Å²) in [5.41, 5.74) is 0.752. The van der Waals surface area contributed by atoms with Crippen LogP contribution in [-0.2, 0) is 0 Å². The summed E-state index contributed by atoms with van der Waals surface area (Å²) in [6.45, 7) is 1.79. The Morgan fingerprint density at radius 3 is 2.62 bits per heavy atom. The van der Waals surface area contributed by atoms with Gasteiger partial charge in [0.25, 0.3) is 0 Å². The topological polar surface area (TPSA) is 48.6 Å². The van der Waals surface area contributed by atoms with Crippen molar-refractivity contribution < 1.29 is 0 Å². The minimum atomic E-state index is 0.752. The first kappa shape index (κ1) is 7.01. The molecule has 0 saturated heterocycles. The third kappa shape index (κ3) is 3.21. The van der Waals surface area contributed by atoms with E-state index in [4.69, 9.17) is 5.41 Å². The zero-order valence-corrected chi connectivity index (χ0v) is 5.05. The molecular formula is C5H9N3. The lowest BCUT2D eigenvalue weighted by atomic mass is 10.5. The zero-order valence-electron chi connectivity index (χ0n) is 5.05. The first-order valence-corrected chi connectivity index (χ1v) is 2.28. The normalized spacial score (nSPS) is 12.5. The Balaban J connectivity index is 3.79. The quantitative estimate of drug-likeness (QED) is 0.416. The smallest absolute Gasteiger partial charge is 0.0610 e. The third-order valence-corrected chi connectivity index (χ3v) is 0.582. The largest absolute Gasteiger partial charge is 0.309 e. The van der Waals surface area contributed by atoms with Crippen LogP contribution in [0.2, 0.25) is 0 Å². The maximum absolute atomic E-state index is 6.61. The summed E-state index contributed by atoms with van der Waals surface area (Å²) in [5, 5.41) is 13.8. The number of rotatable bonds is 2.